The molecule has 0 N–H and O–H groups in total. The average molecular weight is 418 g/mol. The van der Waals surface area contributed by atoms with Crippen molar-refractivity contribution < 1.29 is 17.9 Å². The monoisotopic (exact) mass is 417 g/mol. The highest BCUT2D eigenvalue weighted by Gasteiger charge is 2.35. The maximum atomic E-state index is 13.9. The molecule has 2 heterocycles. The highest BCUT2D eigenvalue weighted by Crippen LogP contribution is 2.38. The average Bonchev–Trinajstić information content (AvgIpc) is 3.04. The van der Waals surface area contributed by atoms with Gasteiger partial charge in [-0.2, -0.15) is 18.3 Å². The van der Waals surface area contributed by atoms with E-state index in [-0.39, 0.29) is 22.4 Å². The van der Waals surface area contributed by atoms with Crippen LogP contribution in [0.2, 0.25) is 5.02 Å². The van der Waals surface area contributed by atoms with Gasteiger partial charge in [0.25, 0.3) is 0 Å². The van der Waals surface area contributed by atoms with Gasteiger partial charge < -0.3 is 4.74 Å². The van der Waals surface area contributed by atoms with Gasteiger partial charge in [-0.3, -0.25) is 0 Å². The van der Waals surface area contributed by atoms with Gasteiger partial charge in [-0.05, 0) is 61.5 Å². The standard InChI is InChI=1S/C21H15ClF3N3O/c1-12-19-17(21(23,24)25)11-18(13-3-9-16(29-2)10-4-13)26-20(19)28(27-12)15-7-5-14(22)6-8-15/h3-11H,1-2H3. The predicted octanol–water partition coefficient (Wildman–Crippen LogP) is 6.08. The molecule has 4 nitrogen and oxygen atoms in total. The Balaban J connectivity index is 2.01. The number of rotatable bonds is 3. The Kier molecular flexibility index (Phi) is 4.70. The molecule has 0 saturated carbocycles. The summed E-state index contributed by atoms with van der Waals surface area (Å²) >= 11 is 5.93. The van der Waals surface area contributed by atoms with E-state index in [4.69, 9.17) is 16.3 Å². The third-order valence-electron chi connectivity index (χ3n) is 4.58. The second kappa shape index (κ2) is 7.08. The van der Waals surface area contributed by atoms with E-state index in [0.717, 1.165) is 6.07 Å². The lowest BCUT2D eigenvalue weighted by molar-refractivity contribution is -0.136. The Hall–Kier alpha value is -3.06. The van der Waals surface area contributed by atoms with Crippen molar-refractivity contribution in [3.63, 3.8) is 0 Å². The first kappa shape index (κ1) is 19.3. The smallest absolute Gasteiger partial charge is 0.417 e. The van der Waals surface area contributed by atoms with Gasteiger partial charge in [0.05, 0.1) is 35.1 Å². The number of nitrogens with zero attached hydrogens (tertiary/aromatic N) is 3. The molecule has 0 unspecified atom stereocenters. The molecule has 2 aromatic heterocycles. The van der Waals surface area contributed by atoms with Crippen LogP contribution in [0.25, 0.3) is 28.0 Å². The number of halogens is 4. The van der Waals surface area contributed by atoms with Gasteiger partial charge in [-0.15, -0.1) is 0 Å². The third-order valence-corrected chi connectivity index (χ3v) is 4.83. The number of ether oxygens (including phenoxy) is 1. The summed E-state index contributed by atoms with van der Waals surface area (Å²) in [6.45, 7) is 1.54. The van der Waals surface area contributed by atoms with E-state index >= 15 is 0 Å². The molecule has 4 rings (SSSR count). The van der Waals surface area contributed by atoms with Crippen LogP contribution >= 0.6 is 11.6 Å². The minimum atomic E-state index is -4.55. The van der Waals surface area contributed by atoms with Crippen molar-refractivity contribution in [1.82, 2.24) is 14.8 Å². The normalized spacial score (nSPS) is 11.8. The lowest BCUT2D eigenvalue weighted by atomic mass is 10.0. The van der Waals surface area contributed by atoms with Crippen LogP contribution in [0.5, 0.6) is 5.75 Å². The molecule has 0 radical (unpaired) electrons. The summed E-state index contributed by atoms with van der Waals surface area (Å²) in [4.78, 5) is 4.52. The summed E-state index contributed by atoms with van der Waals surface area (Å²) in [5.41, 5.74) is 0.912. The fourth-order valence-corrected chi connectivity index (χ4v) is 3.31. The van der Waals surface area contributed by atoms with Gasteiger partial charge in [0.2, 0.25) is 0 Å². The molecule has 2 aromatic carbocycles. The number of fused-ring (bicyclic) bond motifs is 1. The number of aromatic nitrogens is 3. The van der Waals surface area contributed by atoms with Crippen LogP contribution in [0.4, 0.5) is 13.2 Å². The highest BCUT2D eigenvalue weighted by atomic mass is 35.5. The third kappa shape index (κ3) is 3.53. The van der Waals surface area contributed by atoms with Crippen molar-refractivity contribution in [3.05, 3.63) is 70.9 Å². The van der Waals surface area contributed by atoms with E-state index in [0.29, 0.717) is 22.0 Å². The summed E-state index contributed by atoms with van der Waals surface area (Å²) in [7, 11) is 1.52. The second-order valence-corrected chi connectivity index (χ2v) is 6.89. The lowest BCUT2D eigenvalue weighted by Gasteiger charge is -2.12. The van der Waals surface area contributed by atoms with E-state index in [2.05, 4.69) is 10.1 Å². The molecular formula is C21H15ClF3N3O. The minimum Gasteiger partial charge on any atom is -0.497 e. The minimum absolute atomic E-state index is 0.0234. The molecule has 0 atom stereocenters. The van der Waals surface area contributed by atoms with Crippen LogP contribution < -0.4 is 4.74 Å². The van der Waals surface area contributed by atoms with Gasteiger partial charge in [0.1, 0.15) is 5.75 Å². The Bertz CT molecular complexity index is 1180. The van der Waals surface area contributed by atoms with Crippen molar-refractivity contribution >= 4 is 22.6 Å². The first-order valence-electron chi connectivity index (χ1n) is 8.66. The molecular weight excluding hydrogens is 403 g/mol. The largest absolute Gasteiger partial charge is 0.497 e. The molecule has 0 aliphatic carbocycles. The molecule has 4 aromatic rings. The van der Waals surface area contributed by atoms with Gasteiger partial charge >= 0.3 is 6.18 Å². The first-order chi connectivity index (χ1) is 13.8. The van der Waals surface area contributed by atoms with Gasteiger partial charge in [0, 0.05) is 10.6 Å². The topological polar surface area (TPSA) is 39.9 Å². The van der Waals surface area contributed by atoms with Gasteiger partial charge in [-0.25, -0.2) is 9.67 Å². The van der Waals surface area contributed by atoms with Crippen molar-refractivity contribution in [1.29, 1.82) is 0 Å². The number of aryl methyl sites for hydroxylation is 1. The van der Waals surface area contributed by atoms with E-state index in [1.54, 1.807) is 55.5 Å². The van der Waals surface area contributed by atoms with Gasteiger partial charge in [0.15, 0.2) is 5.65 Å². The predicted molar refractivity (Wildman–Crippen MR) is 106 cm³/mol. The van der Waals surface area contributed by atoms with Crippen LogP contribution in [0.1, 0.15) is 11.3 Å². The van der Waals surface area contributed by atoms with Crippen molar-refractivity contribution in [2.75, 3.05) is 7.11 Å². The van der Waals surface area contributed by atoms with Crippen molar-refractivity contribution in [2.45, 2.75) is 13.1 Å². The molecule has 8 heteroatoms. The van der Waals surface area contributed by atoms with Crippen LogP contribution in [-0.2, 0) is 6.18 Å². The van der Waals surface area contributed by atoms with E-state index in [9.17, 15) is 13.2 Å². The van der Waals surface area contributed by atoms with Crippen LogP contribution in [0, 0.1) is 6.92 Å². The molecule has 0 spiro atoms. The van der Waals surface area contributed by atoms with Crippen LogP contribution in [0.15, 0.2) is 54.6 Å². The Labute approximate surface area is 169 Å². The summed E-state index contributed by atoms with van der Waals surface area (Å²) in [5.74, 6) is 0.605. The Morgan fingerprint density at radius 3 is 2.24 bits per heavy atom. The van der Waals surface area contributed by atoms with E-state index in [1.807, 2.05) is 0 Å². The molecule has 0 aliphatic rings. The molecule has 148 valence electrons. The number of benzene rings is 2. The quantitative estimate of drug-likeness (QED) is 0.405. The number of hydrogen-bond acceptors (Lipinski definition) is 3. The molecule has 0 amide bonds. The second-order valence-electron chi connectivity index (χ2n) is 6.45. The lowest BCUT2D eigenvalue weighted by Crippen LogP contribution is -2.08. The zero-order valence-electron chi connectivity index (χ0n) is 15.5. The highest BCUT2D eigenvalue weighted by molar-refractivity contribution is 6.30. The fraction of sp³-hybridized carbons (Fsp3) is 0.143. The van der Waals surface area contributed by atoms with Crippen LogP contribution in [0.3, 0.4) is 0 Å². The number of methoxy groups -OCH3 is 1. The zero-order chi connectivity index (χ0) is 20.8. The van der Waals surface area contributed by atoms with E-state index < -0.39 is 11.7 Å². The Morgan fingerprint density at radius 2 is 1.66 bits per heavy atom. The number of pyridine rings is 1. The van der Waals surface area contributed by atoms with E-state index in [1.165, 1.54) is 11.8 Å². The molecule has 0 aliphatic heterocycles. The zero-order valence-corrected chi connectivity index (χ0v) is 16.2. The molecule has 0 bridgehead atoms. The Morgan fingerprint density at radius 1 is 1.00 bits per heavy atom. The van der Waals surface area contributed by atoms with Crippen molar-refractivity contribution in [3.8, 4) is 22.7 Å². The van der Waals surface area contributed by atoms with Crippen LogP contribution in [-0.4, -0.2) is 21.9 Å². The summed E-state index contributed by atoms with van der Waals surface area (Å²) in [6.07, 6.45) is -4.55. The fourth-order valence-electron chi connectivity index (χ4n) is 3.18. The summed E-state index contributed by atoms with van der Waals surface area (Å²) < 4.78 is 48.1. The van der Waals surface area contributed by atoms with Gasteiger partial charge in [-0.1, -0.05) is 11.6 Å². The first-order valence-corrected chi connectivity index (χ1v) is 9.03. The summed E-state index contributed by atoms with van der Waals surface area (Å²) in [5, 5.41) is 4.81. The summed E-state index contributed by atoms with van der Waals surface area (Å²) in [6, 6.07) is 14.4. The molecule has 0 saturated heterocycles. The molecule has 29 heavy (non-hydrogen) atoms. The maximum absolute atomic E-state index is 13.9. The SMILES string of the molecule is COc1ccc(-c2cc(C(F)(F)F)c3c(C)nn(-c4ccc(Cl)cc4)c3n2)cc1. The van der Waals surface area contributed by atoms with Crippen molar-refractivity contribution in [2.24, 2.45) is 0 Å². The number of alkyl halides is 3. The molecule has 0 fully saturated rings. The maximum Gasteiger partial charge on any atom is 0.417 e. The number of hydrogen-bond donors (Lipinski definition) is 0.